The average molecular weight is 233 g/mol. The molecule has 92 valence electrons. The molecule has 0 bridgehead atoms. The zero-order valence-corrected chi connectivity index (χ0v) is 10.9. The van der Waals surface area contributed by atoms with E-state index in [2.05, 4.69) is 37.7 Å². The molecule has 0 aromatic carbocycles. The van der Waals surface area contributed by atoms with Crippen molar-refractivity contribution in [3.05, 3.63) is 16.3 Å². The van der Waals surface area contributed by atoms with Crippen LogP contribution in [0.3, 0.4) is 0 Å². The molecule has 0 spiro atoms. The van der Waals surface area contributed by atoms with E-state index in [1.807, 2.05) is 4.57 Å². The van der Waals surface area contributed by atoms with Crippen molar-refractivity contribution in [2.45, 2.75) is 58.5 Å². The molecule has 2 rings (SSSR count). The normalized spacial score (nSPS) is 15.5. The Labute approximate surface area is 102 Å². The summed E-state index contributed by atoms with van der Waals surface area (Å²) >= 11 is 0. The second kappa shape index (κ2) is 4.06. The lowest BCUT2D eigenvalue weighted by molar-refractivity contribution is 0.495. The molecular weight excluding hydrogens is 214 g/mol. The monoisotopic (exact) mass is 233 g/mol. The van der Waals surface area contributed by atoms with Crippen LogP contribution in [0.1, 0.15) is 52.4 Å². The topological polar surface area (TPSA) is 39.8 Å². The highest BCUT2D eigenvalue weighted by molar-refractivity contribution is 5.07. The van der Waals surface area contributed by atoms with E-state index in [1.54, 1.807) is 6.92 Å². The minimum Gasteiger partial charge on any atom is -0.275 e. The van der Waals surface area contributed by atoms with Gasteiger partial charge >= 0.3 is 5.69 Å². The minimum atomic E-state index is -0.105. The van der Waals surface area contributed by atoms with Gasteiger partial charge in [0.15, 0.2) is 0 Å². The molecule has 1 saturated carbocycles. The van der Waals surface area contributed by atoms with Crippen LogP contribution in [0.15, 0.2) is 4.79 Å². The fourth-order valence-electron chi connectivity index (χ4n) is 1.85. The molecule has 4 nitrogen and oxygen atoms in total. The Kier molecular flexibility index (Phi) is 2.86. The van der Waals surface area contributed by atoms with Crippen LogP contribution in [0.25, 0.3) is 0 Å². The van der Waals surface area contributed by atoms with Crippen molar-refractivity contribution in [2.75, 3.05) is 0 Å². The van der Waals surface area contributed by atoms with Gasteiger partial charge in [0.2, 0.25) is 0 Å². The third-order valence-corrected chi connectivity index (χ3v) is 2.86. The SMILES string of the molecule is CC#CCn1nc(C(C)(C)C)n(C2CC2)c1=O. The predicted molar refractivity (Wildman–Crippen MR) is 66.9 cm³/mol. The van der Waals surface area contributed by atoms with Crippen molar-refractivity contribution in [3.8, 4) is 11.8 Å². The van der Waals surface area contributed by atoms with Crippen LogP contribution >= 0.6 is 0 Å². The van der Waals surface area contributed by atoms with E-state index < -0.39 is 0 Å². The molecule has 0 unspecified atom stereocenters. The third kappa shape index (κ3) is 2.28. The fraction of sp³-hybridized carbons (Fsp3) is 0.692. The van der Waals surface area contributed by atoms with Crippen molar-refractivity contribution in [1.82, 2.24) is 14.3 Å². The lowest BCUT2D eigenvalue weighted by Crippen LogP contribution is -2.27. The van der Waals surface area contributed by atoms with E-state index in [0.717, 1.165) is 18.7 Å². The standard InChI is InChI=1S/C13H19N3O/c1-5-6-9-15-12(17)16(10-7-8-10)11(14-15)13(2,3)4/h10H,7-9H2,1-4H3. The summed E-state index contributed by atoms with van der Waals surface area (Å²) in [7, 11) is 0. The summed E-state index contributed by atoms with van der Waals surface area (Å²) in [6.07, 6.45) is 2.18. The fourth-order valence-corrected chi connectivity index (χ4v) is 1.85. The molecule has 1 fully saturated rings. The van der Waals surface area contributed by atoms with Gasteiger partial charge in [-0.05, 0) is 19.8 Å². The van der Waals surface area contributed by atoms with Crippen LogP contribution in [0.4, 0.5) is 0 Å². The Balaban J connectivity index is 2.50. The molecule has 4 heteroatoms. The molecule has 1 aliphatic rings. The van der Waals surface area contributed by atoms with Gasteiger partial charge < -0.3 is 0 Å². The van der Waals surface area contributed by atoms with Gasteiger partial charge in [0.1, 0.15) is 12.4 Å². The lowest BCUT2D eigenvalue weighted by atomic mass is 9.96. The largest absolute Gasteiger partial charge is 0.347 e. The van der Waals surface area contributed by atoms with Gasteiger partial charge in [0.05, 0.1) is 0 Å². The van der Waals surface area contributed by atoms with E-state index in [9.17, 15) is 4.79 Å². The number of nitrogens with zero attached hydrogens (tertiary/aromatic N) is 3. The van der Waals surface area contributed by atoms with Crippen LogP contribution < -0.4 is 5.69 Å². The highest BCUT2D eigenvalue weighted by Crippen LogP contribution is 2.36. The van der Waals surface area contributed by atoms with E-state index in [0.29, 0.717) is 12.6 Å². The van der Waals surface area contributed by atoms with E-state index >= 15 is 0 Å². The van der Waals surface area contributed by atoms with Crippen molar-refractivity contribution < 1.29 is 0 Å². The Bertz CT molecular complexity index is 530. The maximum Gasteiger partial charge on any atom is 0.347 e. The van der Waals surface area contributed by atoms with Crippen LogP contribution in [-0.2, 0) is 12.0 Å². The summed E-state index contributed by atoms with van der Waals surface area (Å²) in [5, 5.41) is 4.44. The summed E-state index contributed by atoms with van der Waals surface area (Å²) in [5.41, 5.74) is -0.118. The van der Waals surface area contributed by atoms with Gasteiger partial charge in [-0.1, -0.05) is 26.7 Å². The summed E-state index contributed by atoms with van der Waals surface area (Å²) in [5.74, 6) is 6.57. The van der Waals surface area contributed by atoms with E-state index in [1.165, 1.54) is 4.68 Å². The van der Waals surface area contributed by atoms with Gasteiger partial charge in [0, 0.05) is 11.5 Å². The first-order valence-electron chi connectivity index (χ1n) is 6.04. The molecule has 0 N–H and O–H groups in total. The minimum absolute atomic E-state index is 0.0137. The Hall–Kier alpha value is -1.50. The first-order valence-corrected chi connectivity index (χ1v) is 6.04. The molecule has 17 heavy (non-hydrogen) atoms. The third-order valence-electron chi connectivity index (χ3n) is 2.86. The van der Waals surface area contributed by atoms with Crippen molar-refractivity contribution in [3.63, 3.8) is 0 Å². The van der Waals surface area contributed by atoms with Crippen LogP contribution in [0.5, 0.6) is 0 Å². The molecule has 1 aliphatic carbocycles. The zero-order valence-electron chi connectivity index (χ0n) is 10.9. The van der Waals surface area contributed by atoms with Crippen LogP contribution in [0, 0.1) is 11.8 Å². The molecule has 0 amide bonds. The van der Waals surface area contributed by atoms with Crippen molar-refractivity contribution in [2.24, 2.45) is 0 Å². The van der Waals surface area contributed by atoms with E-state index in [4.69, 9.17) is 0 Å². The lowest BCUT2D eigenvalue weighted by Gasteiger charge is -2.17. The quantitative estimate of drug-likeness (QED) is 0.729. The van der Waals surface area contributed by atoms with Crippen LogP contribution in [-0.4, -0.2) is 14.3 Å². The smallest absolute Gasteiger partial charge is 0.275 e. The Morgan fingerprint density at radius 2 is 2.06 bits per heavy atom. The highest BCUT2D eigenvalue weighted by atomic mass is 16.2. The number of rotatable bonds is 2. The van der Waals surface area contributed by atoms with Gasteiger partial charge in [-0.3, -0.25) is 4.57 Å². The first-order chi connectivity index (χ1) is 7.95. The second-order valence-corrected chi connectivity index (χ2v) is 5.54. The summed E-state index contributed by atoms with van der Waals surface area (Å²) in [6, 6.07) is 0.361. The van der Waals surface area contributed by atoms with Gasteiger partial charge in [-0.25, -0.2) is 9.48 Å². The number of aromatic nitrogens is 3. The molecule has 1 aromatic heterocycles. The molecule has 0 saturated heterocycles. The summed E-state index contributed by atoms with van der Waals surface area (Å²) < 4.78 is 3.34. The molecule has 0 radical (unpaired) electrons. The van der Waals surface area contributed by atoms with Gasteiger partial charge in [-0.15, -0.1) is 5.92 Å². The zero-order chi connectivity index (χ0) is 12.6. The number of hydrogen-bond acceptors (Lipinski definition) is 2. The van der Waals surface area contributed by atoms with Crippen molar-refractivity contribution in [1.29, 1.82) is 0 Å². The van der Waals surface area contributed by atoms with Gasteiger partial charge in [0.25, 0.3) is 0 Å². The maximum absolute atomic E-state index is 12.2. The Morgan fingerprint density at radius 1 is 1.41 bits per heavy atom. The second-order valence-electron chi connectivity index (χ2n) is 5.54. The molecule has 1 aromatic rings. The molecular formula is C13H19N3O. The maximum atomic E-state index is 12.2. The first kappa shape index (κ1) is 12.0. The summed E-state index contributed by atoms with van der Waals surface area (Å²) in [4.78, 5) is 12.2. The molecule has 0 atom stereocenters. The summed E-state index contributed by atoms with van der Waals surface area (Å²) in [6.45, 7) is 8.42. The number of hydrogen-bond donors (Lipinski definition) is 0. The molecule has 0 aliphatic heterocycles. The average Bonchev–Trinajstić information content (AvgIpc) is 3.00. The highest BCUT2D eigenvalue weighted by Gasteiger charge is 2.33. The van der Waals surface area contributed by atoms with Gasteiger partial charge in [-0.2, -0.15) is 5.10 Å². The van der Waals surface area contributed by atoms with E-state index in [-0.39, 0.29) is 11.1 Å². The van der Waals surface area contributed by atoms with Crippen molar-refractivity contribution >= 4 is 0 Å². The predicted octanol–water partition coefficient (Wildman–Crippen LogP) is 1.70. The van der Waals surface area contributed by atoms with Crippen LogP contribution in [0.2, 0.25) is 0 Å². The molecule has 1 heterocycles. The Morgan fingerprint density at radius 3 is 2.53 bits per heavy atom.